The molecule has 0 N–H and O–H groups in total. The molecular weight excluding hydrogens is 288 g/mol. The molecule has 1 nitrogen and oxygen atoms in total. The average molecular weight is 311 g/mol. The van der Waals surface area contributed by atoms with Gasteiger partial charge in [-0.1, -0.05) is 48.6 Å². The van der Waals surface area contributed by atoms with Gasteiger partial charge in [0.2, 0.25) is 0 Å². The summed E-state index contributed by atoms with van der Waals surface area (Å²) in [4.78, 5) is 0.321. The van der Waals surface area contributed by atoms with Crippen LogP contribution in [-0.2, 0) is 4.74 Å². The van der Waals surface area contributed by atoms with Gasteiger partial charge in [-0.2, -0.15) is 0 Å². The smallest absolute Gasteiger partial charge is 0.0669 e. The van der Waals surface area contributed by atoms with Gasteiger partial charge in [0.05, 0.1) is 9.52 Å². The number of hydrogen-bond donors (Lipinski definition) is 0. The number of rotatable bonds is 2. The standard InChI is InChI=1S/C18H22OSi2/c20-18(11-1-2-12-19-18)21-16-10-9-14-6-3-5-13-7-4-8-15(16)17(13)14/h3-10,16H,1-2,11-12,21H2,20H3. The van der Waals surface area contributed by atoms with Crippen LogP contribution in [0.2, 0.25) is 0 Å². The predicted molar refractivity (Wildman–Crippen MR) is 96.7 cm³/mol. The maximum Gasteiger partial charge on any atom is 0.0669 e. The Bertz CT molecular complexity index is 696. The molecule has 0 bridgehead atoms. The minimum absolute atomic E-state index is 0.306. The summed E-state index contributed by atoms with van der Waals surface area (Å²) in [5, 5.41) is 2.88. The zero-order valence-electron chi connectivity index (χ0n) is 12.6. The minimum atomic E-state index is -0.306. The molecule has 1 saturated heterocycles. The summed E-state index contributed by atoms with van der Waals surface area (Å²) in [6.45, 7) is 0.994. The molecule has 0 saturated carbocycles. The number of benzene rings is 2. The van der Waals surface area contributed by atoms with Crippen molar-refractivity contribution in [3.63, 3.8) is 0 Å². The van der Waals surface area contributed by atoms with Crippen molar-refractivity contribution in [2.24, 2.45) is 0 Å². The number of hydrogen-bond acceptors (Lipinski definition) is 1. The van der Waals surface area contributed by atoms with Crippen molar-refractivity contribution < 1.29 is 4.74 Å². The van der Waals surface area contributed by atoms with Crippen molar-refractivity contribution in [2.75, 3.05) is 6.61 Å². The van der Waals surface area contributed by atoms with E-state index in [1.54, 1.807) is 5.56 Å². The summed E-state index contributed by atoms with van der Waals surface area (Å²) in [6, 6.07) is 13.5. The first kappa shape index (κ1) is 13.5. The van der Waals surface area contributed by atoms with Gasteiger partial charge < -0.3 is 4.74 Å². The fraction of sp³-hybridized carbons (Fsp3) is 0.333. The molecule has 2 unspecified atom stereocenters. The van der Waals surface area contributed by atoms with Gasteiger partial charge in [0.15, 0.2) is 0 Å². The minimum Gasteiger partial charge on any atom is -0.383 e. The van der Waals surface area contributed by atoms with E-state index in [0.29, 0.717) is 10.4 Å². The Morgan fingerprint density at radius 3 is 2.81 bits per heavy atom. The van der Waals surface area contributed by atoms with E-state index in [9.17, 15) is 0 Å². The number of ether oxygens (including phenoxy) is 1. The van der Waals surface area contributed by atoms with Crippen molar-refractivity contribution in [1.82, 2.24) is 0 Å². The number of allylic oxidation sites excluding steroid dienone is 1. The highest BCUT2D eigenvalue weighted by molar-refractivity contribution is 6.55. The molecule has 2 aliphatic rings. The quantitative estimate of drug-likeness (QED) is 0.774. The third-order valence-corrected chi connectivity index (χ3v) is 9.67. The fourth-order valence-corrected chi connectivity index (χ4v) is 8.32. The van der Waals surface area contributed by atoms with E-state index in [2.05, 4.69) is 48.6 Å². The second-order valence-corrected chi connectivity index (χ2v) is 12.7. The third-order valence-electron chi connectivity index (χ3n) is 5.08. The Kier molecular flexibility index (Phi) is 3.36. The molecule has 1 fully saturated rings. The highest BCUT2D eigenvalue weighted by Crippen LogP contribution is 2.36. The Labute approximate surface area is 131 Å². The summed E-state index contributed by atoms with van der Waals surface area (Å²) in [5.41, 5.74) is 3.60. The van der Waals surface area contributed by atoms with Crippen LogP contribution in [0.25, 0.3) is 16.8 Å². The highest BCUT2D eigenvalue weighted by Gasteiger charge is 2.32. The van der Waals surface area contributed by atoms with Gasteiger partial charge in [0.25, 0.3) is 0 Å². The van der Waals surface area contributed by atoms with Gasteiger partial charge in [-0.15, -0.1) is 0 Å². The van der Waals surface area contributed by atoms with Gasteiger partial charge in [0, 0.05) is 21.7 Å². The van der Waals surface area contributed by atoms with Crippen molar-refractivity contribution in [3.05, 3.63) is 53.6 Å². The zero-order chi connectivity index (χ0) is 14.3. The lowest BCUT2D eigenvalue weighted by atomic mass is 9.93. The molecule has 0 spiro atoms. The Balaban J connectivity index is 1.73. The summed E-state index contributed by atoms with van der Waals surface area (Å²) < 4.78 is 6.24. The lowest BCUT2D eigenvalue weighted by Gasteiger charge is -2.37. The maximum atomic E-state index is 6.24. The van der Waals surface area contributed by atoms with Crippen LogP contribution in [0.4, 0.5) is 0 Å². The zero-order valence-corrected chi connectivity index (χ0v) is 16.1. The molecule has 1 aliphatic heterocycles. The molecule has 4 rings (SSSR count). The molecule has 2 atom stereocenters. The van der Waals surface area contributed by atoms with Gasteiger partial charge in [-0.25, -0.2) is 0 Å². The fourth-order valence-electron chi connectivity index (χ4n) is 3.97. The van der Waals surface area contributed by atoms with Crippen molar-refractivity contribution in [1.29, 1.82) is 0 Å². The molecule has 108 valence electrons. The summed E-state index contributed by atoms with van der Waals surface area (Å²) in [5.74, 6) is 0. The molecule has 1 aliphatic carbocycles. The highest BCUT2D eigenvalue weighted by atomic mass is 28.2. The van der Waals surface area contributed by atoms with E-state index in [0.717, 1.165) is 6.61 Å². The molecule has 0 amide bonds. The van der Waals surface area contributed by atoms with Crippen LogP contribution in [-0.4, -0.2) is 31.2 Å². The lowest BCUT2D eigenvalue weighted by Crippen LogP contribution is -2.45. The predicted octanol–water partition coefficient (Wildman–Crippen LogP) is 2.30. The van der Waals surface area contributed by atoms with E-state index in [-0.39, 0.29) is 9.52 Å². The summed E-state index contributed by atoms with van der Waals surface area (Å²) in [6.07, 6.45) is 8.75. The lowest BCUT2D eigenvalue weighted by molar-refractivity contribution is 0.0352. The second-order valence-electron chi connectivity index (χ2n) is 6.72. The first-order chi connectivity index (χ1) is 10.3. The Morgan fingerprint density at radius 1 is 1.14 bits per heavy atom. The van der Waals surface area contributed by atoms with Crippen LogP contribution in [0, 0.1) is 0 Å². The first-order valence-corrected chi connectivity index (χ1v) is 10.6. The molecule has 2 aromatic rings. The van der Waals surface area contributed by atoms with Gasteiger partial charge in [0.1, 0.15) is 0 Å². The largest absolute Gasteiger partial charge is 0.383 e. The van der Waals surface area contributed by atoms with Gasteiger partial charge >= 0.3 is 0 Å². The molecule has 2 aromatic carbocycles. The maximum absolute atomic E-state index is 6.24. The van der Waals surface area contributed by atoms with Crippen molar-refractivity contribution in [2.45, 2.75) is 29.7 Å². The van der Waals surface area contributed by atoms with Crippen LogP contribution < -0.4 is 0 Å². The van der Waals surface area contributed by atoms with Crippen LogP contribution in [0.3, 0.4) is 0 Å². The molecule has 1 heterocycles. The molecule has 0 aromatic heterocycles. The molecule has 21 heavy (non-hydrogen) atoms. The molecular formula is C18H22OSi2. The van der Waals surface area contributed by atoms with E-state index in [1.807, 2.05) is 0 Å². The van der Waals surface area contributed by atoms with E-state index in [4.69, 9.17) is 4.74 Å². The molecule has 0 radical (unpaired) electrons. The summed E-state index contributed by atoms with van der Waals surface area (Å²) in [7, 11) is 0.884. The topological polar surface area (TPSA) is 9.23 Å². The van der Waals surface area contributed by atoms with Crippen LogP contribution >= 0.6 is 0 Å². The second kappa shape index (κ2) is 5.23. The third kappa shape index (κ3) is 2.43. The molecule has 3 heteroatoms. The van der Waals surface area contributed by atoms with E-state index >= 15 is 0 Å². The Hall–Kier alpha value is -1.17. The van der Waals surface area contributed by atoms with Crippen LogP contribution in [0.1, 0.15) is 35.9 Å². The van der Waals surface area contributed by atoms with Crippen molar-refractivity contribution in [3.8, 4) is 0 Å². The van der Waals surface area contributed by atoms with E-state index < -0.39 is 0 Å². The van der Waals surface area contributed by atoms with Gasteiger partial charge in [-0.05, 0) is 46.7 Å². The average Bonchev–Trinajstić information content (AvgIpc) is 2.51. The normalized spacial score (nSPS) is 28.7. The Morgan fingerprint density at radius 2 is 2.00 bits per heavy atom. The van der Waals surface area contributed by atoms with E-state index in [1.165, 1.54) is 45.8 Å². The monoisotopic (exact) mass is 310 g/mol. The first-order valence-electron chi connectivity index (χ1n) is 8.09. The van der Waals surface area contributed by atoms with Gasteiger partial charge in [-0.3, -0.25) is 0 Å². The van der Waals surface area contributed by atoms with Crippen LogP contribution in [0.5, 0.6) is 0 Å². The van der Waals surface area contributed by atoms with Crippen molar-refractivity contribution >= 4 is 36.6 Å². The SMILES string of the molecule is [SiH3]C1([SiH2]C2C=Cc3cccc4cccc2c34)CCCCO1. The summed E-state index contributed by atoms with van der Waals surface area (Å²) >= 11 is 0. The van der Waals surface area contributed by atoms with Crippen LogP contribution in [0.15, 0.2) is 42.5 Å².